The largest absolute Gasteiger partial charge is 0.425 e. The lowest BCUT2D eigenvalue weighted by Crippen LogP contribution is -2.18. The summed E-state index contributed by atoms with van der Waals surface area (Å²) in [6.07, 6.45) is 1.17. The highest BCUT2D eigenvalue weighted by Crippen LogP contribution is 1.85. The van der Waals surface area contributed by atoms with Gasteiger partial charge in [0.2, 0.25) is 0 Å². The van der Waals surface area contributed by atoms with Crippen LogP contribution in [0.25, 0.3) is 0 Å². The van der Waals surface area contributed by atoms with Crippen LogP contribution < -0.4 is 5.56 Å². The Kier molecular flexibility index (Phi) is 1.42. The van der Waals surface area contributed by atoms with Crippen LogP contribution in [0.4, 0.5) is 0 Å². The average Bonchev–Trinajstić information content (AvgIpc) is 1.95. The van der Waals surface area contributed by atoms with E-state index in [0.29, 0.717) is 4.73 Å². The number of hydrogen-bond donors (Lipinski definition) is 1. The van der Waals surface area contributed by atoms with Crippen LogP contribution in [0.5, 0.6) is 0 Å². The fourth-order valence-corrected chi connectivity index (χ4v) is 0.568. The Balaban J connectivity index is 3.47. The molecular formula is C6H4N2O2. The van der Waals surface area contributed by atoms with Gasteiger partial charge >= 0.3 is 5.56 Å². The van der Waals surface area contributed by atoms with Crippen LogP contribution in [0, 0.1) is 11.3 Å². The van der Waals surface area contributed by atoms with Crippen molar-refractivity contribution in [1.29, 1.82) is 5.26 Å². The summed E-state index contributed by atoms with van der Waals surface area (Å²) in [7, 11) is 0. The summed E-state index contributed by atoms with van der Waals surface area (Å²) in [6, 6.07) is 4.40. The lowest BCUT2D eigenvalue weighted by molar-refractivity contribution is 0.174. The van der Waals surface area contributed by atoms with E-state index in [2.05, 4.69) is 0 Å². The molecule has 4 nitrogen and oxygen atoms in total. The predicted octanol–water partition coefficient (Wildman–Crippen LogP) is -0.0427. The van der Waals surface area contributed by atoms with Gasteiger partial charge in [-0.25, -0.2) is 0 Å². The van der Waals surface area contributed by atoms with Gasteiger partial charge in [0, 0.05) is 6.20 Å². The smallest absolute Gasteiger partial charge is 0.300 e. The molecule has 0 amide bonds. The van der Waals surface area contributed by atoms with Crippen LogP contribution in [0.3, 0.4) is 0 Å². The van der Waals surface area contributed by atoms with Gasteiger partial charge in [0.25, 0.3) is 0 Å². The molecule has 0 fully saturated rings. The quantitative estimate of drug-likeness (QED) is 0.509. The number of rotatable bonds is 0. The summed E-state index contributed by atoms with van der Waals surface area (Å²) in [5.41, 5.74) is -0.755. The minimum atomic E-state index is -0.690. The molecule has 0 saturated heterocycles. The van der Waals surface area contributed by atoms with Gasteiger partial charge in [-0.2, -0.15) is 9.99 Å². The van der Waals surface area contributed by atoms with Gasteiger partial charge in [-0.05, 0) is 12.1 Å². The van der Waals surface area contributed by atoms with Crippen molar-refractivity contribution in [1.82, 2.24) is 4.73 Å². The molecule has 0 saturated carbocycles. The lowest BCUT2D eigenvalue weighted by atomic mass is 10.3. The summed E-state index contributed by atoms with van der Waals surface area (Å²) in [5.74, 6) is 0. The third-order valence-electron chi connectivity index (χ3n) is 1.05. The zero-order chi connectivity index (χ0) is 7.56. The van der Waals surface area contributed by atoms with Crippen LogP contribution in [0.1, 0.15) is 5.56 Å². The molecule has 1 rings (SSSR count). The average molecular weight is 136 g/mol. The molecule has 1 N–H and O–H groups in total. The molecule has 0 spiro atoms. The topological polar surface area (TPSA) is 66.0 Å². The molecule has 4 heteroatoms. The van der Waals surface area contributed by atoms with Crippen molar-refractivity contribution in [2.75, 3.05) is 0 Å². The second kappa shape index (κ2) is 2.23. The minimum Gasteiger partial charge on any atom is -0.425 e. The summed E-state index contributed by atoms with van der Waals surface area (Å²) >= 11 is 0. The second-order valence-electron chi connectivity index (χ2n) is 1.68. The van der Waals surface area contributed by atoms with Gasteiger partial charge in [0.05, 0.1) is 0 Å². The van der Waals surface area contributed by atoms with E-state index in [-0.39, 0.29) is 5.56 Å². The molecule has 1 aromatic heterocycles. The molecule has 50 valence electrons. The van der Waals surface area contributed by atoms with Crippen molar-refractivity contribution >= 4 is 0 Å². The van der Waals surface area contributed by atoms with Crippen molar-refractivity contribution in [3.63, 3.8) is 0 Å². The Labute approximate surface area is 56.5 Å². The Bertz CT molecular complexity index is 334. The van der Waals surface area contributed by atoms with E-state index >= 15 is 0 Å². The first-order valence-corrected chi connectivity index (χ1v) is 2.56. The fraction of sp³-hybridized carbons (Fsp3) is 0. The summed E-state index contributed by atoms with van der Waals surface area (Å²) < 4.78 is 0.374. The summed E-state index contributed by atoms with van der Waals surface area (Å²) in [6.45, 7) is 0. The number of aromatic nitrogens is 1. The third kappa shape index (κ3) is 0.845. The van der Waals surface area contributed by atoms with Crippen molar-refractivity contribution in [3.8, 4) is 6.07 Å². The molecule has 0 radical (unpaired) electrons. The van der Waals surface area contributed by atoms with Crippen molar-refractivity contribution in [3.05, 3.63) is 34.2 Å². The number of nitrogens with zero attached hydrogens (tertiary/aromatic N) is 2. The molecule has 0 atom stereocenters. The summed E-state index contributed by atoms with van der Waals surface area (Å²) in [4.78, 5) is 10.7. The van der Waals surface area contributed by atoms with Crippen LogP contribution in [0.2, 0.25) is 0 Å². The monoisotopic (exact) mass is 136 g/mol. The number of nitriles is 1. The van der Waals surface area contributed by atoms with E-state index in [9.17, 15) is 4.79 Å². The molecule has 0 bridgehead atoms. The highest BCUT2D eigenvalue weighted by Gasteiger charge is 1.97. The van der Waals surface area contributed by atoms with Crippen LogP contribution in [-0.4, -0.2) is 9.94 Å². The van der Waals surface area contributed by atoms with Gasteiger partial charge in [-0.15, -0.1) is 0 Å². The molecule has 0 aliphatic heterocycles. The molecule has 1 heterocycles. The van der Waals surface area contributed by atoms with E-state index in [1.54, 1.807) is 6.07 Å². The predicted molar refractivity (Wildman–Crippen MR) is 32.6 cm³/mol. The first-order chi connectivity index (χ1) is 4.75. The maximum Gasteiger partial charge on any atom is 0.300 e. The first kappa shape index (κ1) is 6.36. The van der Waals surface area contributed by atoms with E-state index in [0.717, 1.165) is 0 Å². The number of hydrogen-bond acceptors (Lipinski definition) is 3. The Morgan fingerprint density at radius 2 is 2.40 bits per heavy atom. The normalized spacial score (nSPS) is 8.70. The molecule has 1 aromatic rings. The van der Waals surface area contributed by atoms with Crippen molar-refractivity contribution < 1.29 is 5.21 Å². The maximum absolute atomic E-state index is 10.7. The van der Waals surface area contributed by atoms with Crippen LogP contribution in [0.15, 0.2) is 23.1 Å². The highest BCUT2D eigenvalue weighted by molar-refractivity contribution is 5.24. The zero-order valence-electron chi connectivity index (χ0n) is 4.98. The zero-order valence-corrected chi connectivity index (χ0v) is 4.98. The molecule has 0 aliphatic rings. The molecule has 0 aliphatic carbocycles. The van der Waals surface area contributed by atoms with Gasteiger partial charge in [0.1, 0.15) is 11.6 Å². The van der Waals surface area contributed by atoms with Gasteiger partial charge in [0.15, 0.2) is 0 Å². The van der Waals surface area contributed by atoms with Crippen LogP contribution in [-0.2, 0) is 0 Å². The van der Waals surface area contributed by atoms with Gasteiger partial charge < -0.3 is 5.21 Å². The molecular weight excluding hydrogens is 132 g/mol. The lowest BCUT2D eigenvalue weighted by Gasteiger charge is -1.91. The van der Waals surface area contributed by atoms with Gasteiger partial charge in [-0.3, -0.25) is 4.79 Å². The SMILES string of the molecule is N#Cc1cccn(O)c1=O. The van der Waals surface area contributed by atoms with Crippen molar-refractivity contribution in [2.24, 2.45) is 0 Å². The van der Waals surface area contributed by atoms with E-state index in [4.69, 9.17) is 10.5 Å². The highest BCUT2D eigenvalue weighted by atomic mass is 16.5. The standard InChI is InChI=1S/C6H4N2O2/c7-4-5-2-1-3-8(10)6(5)9/h1-3,10H. The van der Waals surface area contributed by atoms with E-state index in [1.165, 1.54) is 18.3 Å². The second-order valence-corrected chi connectivity index (χ2v) is 1.68. The Hall–Kier alpha value is -1.76. The Morgan fingerprint density at radius 1 is 1.70 bits per heavy atom. The molecule has 0 aromatic carbocycles. The maximum atomic E-state index is 10.7. The third-order valence-corrected chi connectivity index (χ3v) is 1.05. The van der Waals surface area contributed by atoms with E-state index < -0.39 is 5.56 Å². The van der Waals surface area contributed by atoms with Crippen LogP contribution >= 0.6 is 0 Å². The number of pyridine rings is 1. The molecule has 10 heavy (non-hydrogen) atoms. The summed E-state index contributed by atoms with van der Waals surface area (Å²) in [5, 5.41) is 17.0. The fourth-order valence-electron chi connectivity index (χ4n) is 0.568. The molecule has 0 unspecified atom stereocenters. The van der Waals surface area contributed by atoms with Gasteiger partial charge in [-0.1, -0.05) is 0 Å². The van der Waals surface area contributed by atoms with E-state index in [1.807, 2.05) is 0 Å². The van der Waals surface area contributed by atoms with Crippen molar-refractivity contribution in [2.45, 2.75) is 0 Å². The Morgan fingerprint density at radius 3 is 2.90 bits per heavy atom. The first-order valence-electron chi connectivity index (χ1n) is 2.56. The minimum absolute atomic E-state index is 0.0648.